The monoisotopic (exact) mass is 282 g/mol. The molecule has 1 aromatic carbocycles. The second-order valence-corrected chi connectivity index (χ2v) is 6.07. The van der Waals surface area contributed by atoms with Crippen molar-refractivity contribution >= 4 is 0 Å². The maximum Gasteiger partial charge on any atom is 0.273 e. The molecule has 0 radical (unpaired) electrons. The standard InChI is InChI=1S/C17H24F2O/c1-2-6-13-9-10-16(20)14(11-13)12-17(18,19)15-7-4-3-5-8-15/h3-5,7-8,13-14,16,20H,2,6,9-12H2,1H3. The van der Waals surface area contributed by atoms with Crippen LogP contribution < -0.4 is 0 Å². The average Bonchev–Trinajstić information content (AvgIpc) is 2.44. The Morgan fingerprint density at radius 1 is 1.20 bits per heavy atom. The van der Waals surface area contributed by atoms with E-state index in [0.717, 1.165) is 25.7 Å². The molecule has 0 spiro atoms. The Morgan fingerprint density at radius 3 is 2.55 bits per heavy atom. The van der Waals surface area contributed by atoms with E-state index in [0.29, 0.717) is 12.3 Å². The molecule has 112 valence electrons. The number of aliphatic hydroxyl groups is 1. The van der Waals surface area contributed by atoms with Crippen molar-refractivity contribution in [2.45, 2.75) is 57.5 Å². The van der Waals surface area contributed by atoms with Crippen LogP contribution in [0.1, 0.15) is 51.0 Å². The van der Waals surface area contributed by atoms with Crippen LogP contribution in [-0.2, 0) is 5.92 Å². The molecule has 1 aliphatic rings. The Kier molecular flexibility index (Phi) is 5.14. The minimum absolute atomic E-state index is 0.0600. The van der Waals surface area contributed by atoms with Gasteiger partial charge in [-0.3, -0.25) is 0 Å². The second kappa shape index (κ2) is 6.66. The van der Waals surface area contributed by atoms with Gasteiger partial charge in [-0.05, 0) is 31.1 Å². The maximum absolute atomic E-state index is 14.3. The number of alkyl halides is 2. The summed E-state index contributed by atoms with van der Waals surface area (Å²) in [7, 11) is 0. The third kappa shape index (κ3) is 3.78. The first kappa shape index (κ1) is 15.4. The van der Waals surface area contributed by atoms with Gasteiger partial charge in [0.15, 0.2) is 0 Å². The first-order chi connectivity index (χ1) is 9.53. The van der Waals surface area contributed by atoms with E-state index in [-0.39, 0.29) is 17.9 Å². The van der Waals surface area contributed by atoms with Gasteiger partial charge in [0, 0.05) is 12.0 Å². The van der Waals surface area contributed by atoms with Crippen LogP contribution in [0.15, 0.2) is 30.3 Å². The smallest absolute Gasteiger partial charge is 0.273 e. The predicted octanol–water partition coefficient (Wildman–Crippen LogP) is 4.75. The molecule has 3 atom stereocenters. The van der Waals surface area contributed by atoms with Crippen molar-refractivity contribution < 1.29 is 13.9 Å². The number of aliphatic hydroxyl groups excluding tert-OH is 1. The fraction of sp³-hybridized carbons (Fsp3) is 0.647. The fourth-order valence-electron chi connectivity index (χ4n) is 3.36. The molecule has 0 amide bonds. The molecular weight excluding hydrogens is 258 g/mol. The first-order valence-corrected chi connectivity index (χ1v) is 7.64. The summed E-state index contributed by atoms with van der Waals surface area (Å²) < 4.78 is 28.6. The summed E-state index contributed by atoms with van der Waals surface area (Å²) in [6.45, 7) is 2.12. The lowest BCUT2D eigenvalue weighted by Crippen LogP contribution is -2.33. The molecule has 1 nitrogen and oxygen atoms in total. The van der Waals surface area contributed by atoms with Crippen LogP contribution in [0.25, 0.3) is 0 Å². The van der Waals surface area contributed by atoms with Gasteiger partial charge in [-0.15, -0.1) is 0 Å². The summed E-state index contributed by atoms with van der Waals surface area (Å²) in [6, 6.07) is 7.96. The maximum atomic E-state index is 14.3. The highest BCUT2D eigenvalue weighted by Crippen LogP contribution is 2.42. The lowest BCUT2D eigenvalue weighted by Gasteiger charge is -2.35. The van der Waals surface area contributed by atoms with Crippen molar-refractivity contribution in [2.75, 3.05) is 0 Å². The van der Waals surface area contributed by atoms with Gasteiger partial charge in [0.1, 0.15) is 0 Å². The van der Waals surface area contributed by atoms with Crippen molar-refractivity contribution in [3.05, 3.63) is 35.9 Å². The zero-order chi connectivity index (χ0) is 14.6. The minimum Gasteiger partial charge on any atom is -0.393 e. The molecule has 1 N–H and O–H groups in total. The molecule has 1 aliphatic carbocycles. The molecule has 1 aromatic rings. The van der Waals surface area contributed by atoms with E-state index in [1.54, 1.807) is 18.2 Å². The molecule has 1 fully saturated rings. The highest BCUT2D eigenvalue weighted by atomic mass is 19.3. The van der Waals surface area contributed by atoms with E-state index < -0.39 is 12.0 Å². The number of benzene rings is 1. The van der Waals surface area contributed by atoms with Gasteiger partial charge in [0.25, 0.3) is 5.92 Å². The van der Waals surface area contributed by atoms with Crippen LogP contribution in [0.5, 0.6) is 0 Å². The van der Waals surface area contributed by atoms with E-state index >= 15 is 0 Å². The highest BCUT2D eigenvalue weighted by Gasteiger charge is 2.39. The van der Waals surface area contributed by atoms with E-state index in [1.807, 2.05) is 0 Å². The topological polar surface area (TPSA) is 20.2 Å². The first-order valence-electron chi connectivity index (χ1n) is 7.64. The summed E-state index contributed by atoms with van der Waals surface area (Å²) >= 11 is 0. The number of hydrogen-bond acceptors (Lipinski definition) is 1. The van der Waals surface area contributed by atoms with Crippen LogP contribution in [0, 0.1) is 11.8 Å². The summed E-state index contributed by atoms with van der Waals surface area (Å²) in [6.07, 6.45) is 3.74. The second-order valence-electron chi connectivity index (χ2n) is 6.07. The van der Waals surface area contributed by atoms with Gasteiger partial charge in [-0.2, -0.15) is 0 Å². The van der Waals surface area contributed by atoms with Crippen molar-refractivity contribution in [3.8, 4) is 0 Å². The molecule has 1 saturated carbocycles. The van der Waals surface area contributed by atoms with E-state index in [2.05, 4.69) is 6.92 Å². The van der Waals surface area contributed by atoms with Crippen LogP contribution in [0.3, 0.4) is 0 Å². The third-order valence-electron chi connectivity index (χ3n) is 4.46. The Balaban J connectivity index is 2.03. The van der Waals surface area contributed by atoms with E-state index in [9.17, 15) is 13.9 Å². The van der Waals surface area contributed by atoms with Crippen molar-refractivity contribution in [1.29, 1.82) is 0 Å². The number of hydrogen-bond donors (Lipinski definition) is 1. The molecule has 20 heavy (non-hydrogen) atoms. The number of halogens is 2. The van der Waals surface area contributed by atoms with Crippen LogP contribution >= 0.6 is 0 Å². The van der Waals surface area contributed by atoms with Gasteiger partial charge in [0.2, 0.25) is 0 Å². The Labute approximate surface area is 120 Å². The Bertz CT molecular complexity index is 405. The molecule has 3 unspecified atom stereocenters. The zero-order valence-corrected chi connectivity index (χ0v) is 12.1. The Hall–Kier alpha value is -0.960. The fourth-order valence-corrected chi connectivity index (χ4v) is 3.36. The van der Waals surface area contributed by atoms with E-state index in [4.69, 9.17) is 0 Å². The summed E-state index contributed by atoms with van der Waals surface area (Å²) in [5.74, 6) is -2.63. The lowest BCUT2D eigenvalue weighted by molar-refractivity contribution is -0.0652. The SMILES string of the molecule is CCCC1CCC(O)C(CC(F)(F)c2ccccc2)C1. The van der Waals surface area contributed by atoms with Gasteiger partial charge in [0.05, 0.1) is 6.10 Å². The summed E-state index contributed by atoms with van der Waals surface area (Å²) in [4.78, 5) is 0. The Morgan fingerprint density at radius 2 is 1.90 bits per heavy atom. The van der Waals surface area contributed by atoms with Gasteiger partial charge < -0.3 is 5.11 Å². The van der Waals surface area contributed by atoms with Crippen molar-refractivity contribution in [1.82, 2.24) is 0 Å². The van der Waals surface area contributed by atoms with Crippen molar-refractivity contribution in [3.63, 3.8) is 0 Å². The third-order valence-corrected chi connectivity index (χ3v) is 4.46. The zero-order valence-electron chi connectivity index (χ0n) is 12.1. The molecule has 0 aliphatic heterocycles. The molecule has 0 bridgehead atoms. The summed E-state index contributed by atoms with van der Waals surface area (Å²) in [5.41, 5.74) is 0.0600. The molecule has 0 saturated heterocycles. The predicted molar refractivity (Wildman–Crippen MR) is 76.7 cm³/mol. The molecule has 0 aromatic heterocycles. The van der Waals surface area contributed by atoms with E-state index in [1.165, 1.54) is 12.1 Å². The highest BCUT2D eigenvalue weighted by molar-refractivity contribution is 5.20. The molecule has 3 heteroatoms. The van der Waals surface area contributed by atoms with Crippen molar-refractivity contribution in [2.24, 2.45) is 11.8 Å². The number of rotatable bonds is 5. The lowest BCUT2D eigenvalue weighted by atomic mass is 9.75. The molecular formula is C17H24F2O. The van der Waals surface area contributed by atoms with Crippen LogP contribution in [0.4, 0.5) is 8.78 Å². The average molecular weight is 282 g/mol. The van der Waals surface area contributed by atoms with Crippen LogP contribution in [0.2, 0.25) is 0 Å². The van der Waals surface area contributed by atoms with Gasteiger partial charge in [-0.25, -0.2) is 8.78 Å². The van der Waals surface area contributed by atoms with Gasteiger partial charge in [-0.1, -0.05) is 50.1 Å². The largest absolute Gasteiger partial charge is 0.393 e. The molecule has 2 rings (SSSR count). The van der Waals surface area contributed by atoms with Crippen LogP contribution in [-0.4, -0.2) is 11.2 Å². The quantitative estimate of drug-likeness (QED) is 0.826. The minimum atomic E-state index is -2.85. The summed E-state index contributed by atoms with van der Waals surface area (Å²) in [5, 5.41) is 10.0. The van der Waals surface area contributed by atoms with Gasteiger partial charge >= 0.3 is 0 Å². The molecule has 0 heterocycles. The normalized spacial score (nSPS) is 27.5.